The molecule has 0 aliphatic heterocycles. The summed E-state index contributed by atoms with van der Waals surface area (Å²) in [5.41, 5.74) is 11.2. The number of thiophene rings is 1. The molecule has 0 saturated carbocycles. The van der Waals surface area contributed by atoms with Gasteiger partial charge < -0.3 is 30.5 Å². The van der Waals surface area contributed by atoms with Crippen LogP contribution in [-0.2, 0) is 6.54 Å². The molecule has 5 N–H and O–H groups in total. The fourth-order valence-corrected chi connectivity index (χ4v) is 4.02. The molecule has 27 heavy (non-hydrogen) atoms. The van der Waals surface area contributed by atoms with Crippen molar-refractivity contribution in [2.75, 3.05) is 11.9 Å². The Kier molecular flexibility index (Phi) is 4.21. The summed E-state index contributed by atoms with van der Waals surface area (Å²) in [6.07, 6.45) is 3.95. The summed E-state index contributed by atoms with van der Waals surface area (Å²) in [5.74, 6) is -0.178. The highest BCUT2D eigenvalue weighted by Crippen LogP contribution is 2.43. The number of ether oxygens (including phenoxy) is 1. The Morgan fingerprint density at radius 1 is 1.22 bits per heavy atom. The van der Waals surface area contributed by atoms with Crippen molar-refractivity contribution < 1.29 is 18.7 Å². The molecule has 0 atom stereocenters. The maximum absolute atomic E-state index is 11.6. The Morgan fingerprint density at radius 3 is 2.70 bits per heavy atom. The Bertz CT molecular complexity index is 1140. The minimum Gasteiger partial charge on any atom is -0.492 e. The lowest BCUT2D eigenvalue weighted by molar-refractivity contribution is 0.0977. The van der Waals surface area contributed by atoms with E-state index < -0.39 is 11.9 Å². The van der Waals surface area contributed by atoms with Gasteiger partial charge in [0.2, 0.25) is 5.76 Å². The summed E-state index contributed by atoms with van der Waals surface area (Å²) < 4.78 is 14.9. The minimum atomic E-state index is -0.799. The zero-order valence-corrected chi connectivity index (χ0v) is 14.9. The molecule has 0 spiro atoms. The molecule has 4 aromatic rings. The second-order valence-corrected chi connectivity index (χ2v) is 6.90. The quantitative estimate of drug-likeness (QED) is 0.472. The number of benzene rings is 1. The molecule has 3 aromatic heterocycles. The van der Waals surface area contributed by atoms with Gasteiger partial charge in [-0.05, 0) is 30.3 Å². The molecule has 0 unspecified atom stereocenters. The Balaban J connectivity index is 1.65. The Morgan fingerprint density at radius 2 is 2.00 bits per heavy atom. The molecule has 0 fully saturated rings. The van der Waals surface area contributed by atoms with E-state index in [0.29, 0.717) is 16.9 Å². The third kappa shape index (κ3) is 3.20. The average molecular weight is 384 g/mol. The van der Waals surface area contributed by atoms with E-state index >= 15 is 0 Å². The van der Waals surface area contributed by atoms with Crippen molar-refractivity contribution >= 4 is 49.3 Å². The minimum absolute atomic E-state index is 0.121. The third-order valence-electron chi connectivity index (χ3n) is 4.03. The number of nitrogens with two attached hydrogens (primary N) is 2. The van der Waals surface area contributed by atoms with Crippen LogP contribution in [0.5, 0.6) is 5.75 Å². The molecular formula is C18H16N4O4S. The lowest BCUT2D eigenvalue weighted by Crippen LogP contribution is -2.21. The number of amides is 3. The number of carbonyl (C=O) groups is 2. The van der Waals surface area contributed by atoms with Crippen molar-refractivity contribution in [3.63, 3.8) is 0 Å². The topological polar surface area (TPSA) is 126 Å². The van der Waals surface area contributed by atoms with Gasteiger partial charge in [0.25, 0.3) is 5.91 Å². The average Bonchev–Trinajstić information content (AvgIpc) is 3.31. The number of furan rings is 1. The Labute approximate surface area is 157 Å². The molecule has 138 valence electrons. The number of nitrogens with one attached hydrogen (secondary N) is 1. The van der Waals surface area contributed by atoms with Gasteiger partial charge in [-0.1, -0.05) is 0 Å². The van der Waals surface area contributed by atoms with Crippen LogP contribution < -0.4 is 21.5 Å². The first-order valence-electron chi connectivity index (χ1n) is 8.12. The van der Waals surface area contributed by atoms with Crippen LogP contribution in [0.1, 0.15) is 10.6 Å². The number of rotatable bonds is 6. The van der Waals surface area contributed by atoms with Gasteiger partial charge in [-0.15, -0.1) is 11.3 Å². The van der Waals surface area contributed by atoms with E-state index in [-0.39, 0.29) is 11.4 Å². The van der Waals surface area contributed by atoms with Gasteiger partial charge >= 0.3 is 6.03 Å². The lowest BCUT2D eigenvalue weighted by atomic mass is 10.2. The fraction of sp³-hybridized carbons (Fsp3) is 0.111. The van der Waals surface area contributed by atoms with Gasteiger partial charge in [-0.25, -0.2) is 4.79 Å². The van der Waals surface area contributed by atoms with Gasteiger partial charge in [-0.3, -0.25) is 4.79 Å². The van der Waals surface area contributed by atoms with Crippen LogP contribution in [0.2, 0.25) is 0 Å². The molecule has 9 heteroatoms. The normalized spacial score (nSPS) is 11.1. The van der Waals surface area contributed by atoms with Crippen molar-refractivity contribution in [3.8, 4) is 5.75 Å². The molecule has 3 amide bonds. The van der Waals surface area contributed by atoms with Crippen LogP contribution in [-0.4, -0.2) is 23.1 Å². The predicted octanol–water partition coefficient (Wildman–Crippen LogP) is 3.12. The second kappa shape index (κ2) is 6.69. The smallest absolute Gasteiger partial charge is 0.316 e. The maximum Gasteiger partial charge on any atom is 0.316 e. The fourth-order valence-electron chi connectivity index (χ4n) is 2.86. The number of aromatic nitrogens is 1. The van der Waals surface area contributed by atoms with E-state index in [4.69, 9.17) is 20.6 Å². The van der Waals surface area contributed by atoms with Crippen LogP contribution >= 0.6 is 11.3 Å². The zero-order chi connectivity index (χ0) is 19.0. The summed E-state index contributed by atoms with van der Waals surface area (Å²) in [4.78, 5) is 22.9. The number of primary amides is 2. The lowest BCUT2D eigenvalue weighted by Gasteiger charge is -2.07. The summed E-state index contributed by atoms with van der Waals surface area (Å²) >= 11 is 1.36. The molecular weight excluding hydrogens is 368 g/mol. The number of carbonyl (C=O) groups excluding carboxylic acids is 2. The molecule has 1 aromatic carbocycles. The highest BCUT2D eigenvalue weighted by Gasteiger charge is 2.23. The van der Waals surface area contributed by atoms with E-state index in [1.807, 2.05) is 47.3 Å². The number of hydrogen-bond donors (Lipinski definition) is 3. The number of fused-ring (bicyclic) bond motifs is 3. The van der Waals surface area contributed by atoms with Crippen molar-refractivity contribution in [3.05, 3.63) is 48.5 Å². The first-order chi connectivity index (χ1) is 13.0. The first-order valence-corrected chi connectivity index (χ1v) is 8.93. The first kappa shape index (κ1) is 17.0. The standard InChI is InChI=1S/C18H16N4O4S/c19-17(23)15-13(21-18(20)24)16-14(26-15)11-4-3-10(9-12(11)27-16)25-8-7-22-5-1-2-6-22/h1-6,9H,7-8H2,(H2,19,23)(H3,20,21,24). The van der Waals surface area contributed by atoms with E-state index in [0.717, 1.165) is 22.4 Å². The summed E-state index contributed by atoms with van der Waals surface area (Å²) in [6.45, 7) is 1.27. The van der Waals surface area contributed by atoms with Crippen molar-refractivity contribution in [2.24, 2.45) is 11.5 Å². The van der Waals surface area contributed by atoms with Gasteiger partial charge in [-0.2, -0.15) is 0 Å². The van der Waals surface area contributed by atoms with Crippen LogP contribution in [0.25, 0.3) is 20.4 Å². The van der Waals surface area contributed by atoms with Crippen LogP contribution in [0.15, 0.2) is 47.1 Å². The van der Waals surface area contributed by atoms with Crippen molar-refractivity contribution in [1.82, 2.24) is 4.57 Å². The summed E-state index contributed by atoms with van der Waals surface area (Å²) in [5, 5.41) is 3.22. The molecule has 3 heterocycles. The van der Waals surface area contributed by atoms with E-state index in [1.165, 1.54) is 11.3 Å². The van der Waals surface area contributed by atoms with E-state index in [2.05, 4.69) is 5.32 Å². The van der Waals surface area contributed by atoms with Crippen molar-refractivity contribution in [2.45, 2.75) is 6.54 Å². The molecule has 8 nitrogen and oxygen atoms in total. The van der Waals surface area contributed by atoms with Gasteiger partial charge in [0.1, 0.15) is 18.0 Å². The van der Waals surface area contributed by atoms with Gasteiger partial charge in [0.15, 0.2) is 5.58 Å². The highest BCUT2D eigenvalue weighted by molar-refractivity contribution is 7.26. The number of nitrogens with zero attached hydrogens (tertiary/aromatic N) is 1. The molecule has 0 aliphatic carbocycles. The van der Waals surface area contributed by atoms with Crippen molar-refractivity contribution in [1.29, 1.82) is 0 Å². The molecule has 0 radical (unpaired) electrons. The second-order valence-electron chi connectivity index (χ2n) is 5.85. The maximum atomic E-state index is 11.6. The number of anilines is 1. The number of urea groups is 1. The Hall–Kier alpha value is -3.46. The van der Waals surface area contributed by atoms with Gasteiger partial charge in [0, 0.05) is 22.5 Å². The SMILES string of the molecule is NC(=O)Nc1c(C(N)=O)oc2c1sc1cc(OCCn3cccc3)ccc12. The molecule has 4 rings (SSSR count). The zero-order valence-electron chi connectivity index (χ0n) is 14.1. The third-order valence-corrected chi connectivity index (χ3v) is 5.18. The summed E-state index contributed by atoms with van der Waals surface area (Å²) in [6, 6.07) is 8.70. The highest BCUT2D eigenvalue weighted by atomic mass is 32.1. The van der Waals surface area contributed by atoms with Crippen LogP contribution in [0.4, 0.5) is 10.5 Å². The predicted molar refractivity (Wildman–Crippen MR) is 103 cm³/mol. The van der Waals surface area contributed by atoms with E-state index in [1.54, 1.807) is 0 Å². The van der Waals surface area contributed by atoms with Gasteiger partial charge in [0.05, 0.1) is 11.2 Å². The summed E-state index contributed by atoms with van der Waals surface area (Å²) in [7, 11) is 0. The number of hydrogen-bond acceptors (Lipinski definition) is 5. The monoisotopic (exact) mass is 384 g/mol. The molecule has 0 saturated heterocycles. The van der Waals surface area contributed by atoms with E-state index in [9.17, 15) is 9.59 Å². The van der Waals surface area contributed by atoms with Crippen LogP contribution in [0.3, 0.4) is 0 Å². The van der Waals surface area contributed by atoms with Crippen LogP contribution in [0, 0.1) is 0 Å². The largest absolute Gasteiger partial charge is 0.492 e. The molecule has 0 bridgehead atoms. The molecule has 0 aliphatic rings.